The molecule has 0 fully saturated rings. The highest BCUT2D eigenvalue weighted by Gasteiger charge is 2.21. The molecule has 9 nitrogen and oxygen atoms in total. The van der Waals surface area contributed by atoms with Gasteiger partial charge in [-0.25, -0.2) is 4.79 Å². The fourth-order valence-electron chi connectivity index (χ4n) is 3.70. The summed E-state index contributed by atoms with van der Waals surface area (Å²) < 4.78 is 1.71. The van der Waals surface area contributed by atoms with E-state index in [1.807, 2.05) is 12.1 Å². The summed E-state index contributed by atoms with van der Waals surface area (Å²) in [4.78, 5) is 43.8. The number of hydrogen-bond acceptors (Lipinski definition) is 7. The van der Waals surface area contributed by atoms with Crippen LogP contribution in [-0.2, 0) is 24.2 Å². The molecule has 0 unspecified atom stereocenters. The maximum Gasteiger partial charge on any atom is 0.349 e. The summed E-state index contributed by atoms with van der Waals surface area (Å²) in [7, 11) is 0. The molecular formula is C22H21N5O4S. The number of pyridine rings is 1. The van der Waals surface area contributed by atoms with Gasteiger partial charge in [-0.3, -0.25) is 24.5 Å². The van der Waals surface area contributed by atoms with Crippen molar-refractivity contribution in [2.75, 3.05) is 11.1 Å². The Balaban J connectivity index is 1.49. The Morgan fingerprint density at radius 2 is 1.97 bits per heavy atom. The Morgan fingerprint density at radius 3 is 2.69 bits per heavy atom. The second-order valence-corrected chi connectivity index (χ2v) is 8.38. The minimum Gasteiger partial charge on any atom is -0.325 e. The third kappa shape index (κ3) is 5.02. The number of carbonyl (C=O) groups is 1. The Labute approximate surface area is 188 Å². The van der Waals surface area contributed by atoms with Gasteiger partial charge in [0.05, 0.1) is 17.2 Å². The number of anilines is 1. The van der Waals surface area contributed by atoms with Crippen LogP contribution in [0.5, 0.6) is 0 Å². The Bertz CT molecular complexity index is 1200. The topological polar surface area (TPSA) is 120 Å². The van der Waals surface area contributed by atoms with Gasteiger partial charge in [0.15, 0.2) is 0 Å². The standard InChI is InChI=1S/C22H21N5O4S/c28-20(24-16-7-9-17(10-8-16)27(30)31)14-32-21-18-5-1-2-6-19(18)26(22(29)25-21)13-15-4-3-11-23-12-15/h3-4,7-12H,1-2,5-6,13-14H2,(H,24,28). The van der Waals surface area contributed by atoms with Gasteiger partial charge in [-0.1, -0.05) is 17.8 Å². The molecule has 1 amide bonds. The number of carbonyl (C=O) groups excluding carboxylic acids is 1. The van der Waals surface area contributed by atoms with Gasteiger partial charge in [-0.05, 0) is 49.4 Å². The highest BCUT2D eigenvalue weighted by atomic mass is 32.2. The largest absolute Gasteiger partial charge is 0.349 e. The number of amides is 1. The Morgan fingerprint density at radius 1 is 1.19 bits per heavy atom. The number of nitrogens with zero attached hydrogens (tertiary/aromatic N) is 4. The summed E-state index contributed by atoms with van der Waals surface area (Å²) in [5.41, 5.74) is 3.06. The first-order chi connectivity index (χ1) is 15.5. The molecule has 0 saturated carbocycles. The number of benzene rings is 1. The molecule has 2 aromatic heterocycles. The van der Waals surface area contributed by atoms with Gasteiger partial charge in [0.2, 0.25) is 5.91 Å². The smallest absolute Gasteiger partial charge is 0.325 e. The second kappa shape index (κ2) is 9.73. The zero-order valence-corrected chi connectivity index (χ0v) is 18.0. The van der Waals surface area contributed by atoms with Crippen molar-refractivity contribution in [2.24, 2.45) is 0 Å². The molecular weight excluding hydrogens is 430 g/mol. The van der Waals surface area contributed by atoms with Crippen molar-refractivity contribution in [3.63, 3.8) is 0 Å². The predicted octanol–water partition coefficient (Wildman–Crippen LogP) is 3.20. The zero-order chi connectivity index (χ0) is 22.5. The summed E-state index contributed by atoms with van der Waals surface area (Å²) in [6.07, 6.45) is 7.09. The lowest BCUT2D eigenvalue weighted by molar-refractivity contribution is -0.384. The van der Waals surface area contributed by atoms with E-state index < -0.39 is 4.92 Å². The SMILES string of the molecule is O=C(CSc1nc(=O)n(Cc2cccnc2)c2c1CCCC2)Nc1ccc([N+](=O)[O-])cc1. The molecule has 4 rings (SSSR count). The van der Waals surface area contributed by atoms with Crippen molar-refractivity contribution in [2.45, 2.75) is 37.3 Å². The molecule has 3 aromatic rings. The maximum absolute atomic E-state index is 12.8. The number of thioether (sulfide) groups is 1. The van der Waals surface area contributed by atoms with E-state index in [0.717, 1.165) is 42.5 Å². The van der Waals surface area contributed by atoms with E-state index >= 15 is 0 Å². The number of nitrogens with one attached hydrogen (secondary N) is 1. The third-order valence-electron chi connectivity index (χ3n) is 5.22. The van der Waals surface area contributed by atoms with Crippen molar-refractivity contribution in [1.29, 1.82) is 0 Å². The fourth-order valence-corrected chi connectivity index (χ4v) is 4.58. The molecule has 10 heteroatoms. The van der Waals surface area contributed by atoms with E-state index in [9.17, 15) is 19.7 Å². The predicted molar refractivity (Wildman–Crippen MR) is 121 cm³/mol. The highest BCUT2D eigenvalue weighted by Crippen LogP contribution is 2.29. The van der Waals surface area contributed by atoms with Crippen LogP contribution in [0.1, 0.15) is 29.7 Å². The molecule has 1 aromatic carbocycles. The van der Waals surface area contributed by atoms with Crippen LogP contribution in [0.2, 0.25) is 0 Å². The first-order valence-corrected chi connectivity index (χ1v) is 11.2. The lowest BCUT2D eigenvalue weighted by Crippen LogP contribution is -2.30. The fraction of sp³-hybridized carbons (Fsp3) is 0.273. The second-order valence-electron chi connectivity index (χ2n) is 7.42. The Hall–Kier alpha value is -3.53. The minimum atomic E-state index is -0.493. The van der Waals surface area contributed by atoms with Crippen LogP contribution in [-0.4, -0.2) is 31.1 Å². The lowest BCUT2D eigenvalue weighted by Gasteiger charge is -2.22. The quantitative estimate of drug-likeness (QED) is 0.253. The van der Waals surface area contributed by atoms with Gasteiger partial charge in [0.25, 0.3) is 5.69 Å². The van der Waals surface area contributed by atoms with Crippen molar-refractivity contribution >= 4 is 29.0 Å². The molecule has 0 radical (unpaired) electrons. The van der Waals surface area contributed by atoms with Crippen LogP contribution in [0.25, 0.3) is 0 Å². The van der Waals surface area contributed by atoms with E-state index in [1.54, 1.807) is 17.0 Å². The van der Waals surface area contributed by atoms with E-state index in [4.69, 9.17) is 0 Å². The first kappa shape index (κ1) is 21.7. The van der Waals surface area contributed by atoms with E-state index in [1.165, 1.54) is 36.0 Å². The van der Waals surface area contributed by atoms with Gasteiger partial charge >= 0.3 is 5.69 Å². The molecule has 0 saturated heterocycles. The summed E-state index contributed by atoms with van der Waals surface area (Å²) in [6, 6.07) is 9.42. The summed E-state index contributed by atoms with van der Waals surface area (Å²) in [5.74, 6) is -0.183. The molecule has 2 heterocycles. The molecule has 1 N–H and O–H groups in total. The van der Waals surface area contributed by atoms with Crippen molar-refractivity contribution in [3.05, 3.63) is 86.2 Å². The van der Waals surface area contributed by atoms with Crippen LogP contribution >= 0.6 is 11.8 Å². The van der Waals surface area contributed by atoms with Gasteiger partial charge in [-0.15, -0.1) is 0 Å². The maximum atomic E-state index is 12.8. The average molecular weight is 452 g/mol. The zero-order valence-electron chi connectivity index (χ0n) is 17.2. The van der Waals surface area contributed by atoms with Crippen LogP contribution < -0.4 is 11.0 Å². The van der Waals surface area contributed by atoms with Crippen LogP contribution in [0.4, 0.5) is 11.4 Å². The highest BCUT2D eigenvalue weighted by molar-refractivity contribution is 8.00. The van der Waals surface area contributed by atoms with Crippen LogP contribution in [0.15, 0.2) is 58.6 Å². The lowest BCUT2D eigenvalue weighted by atomic mass is 9.97. The summed E-state index contributed by atoms with van der Waals surface area (Å²) in [6.45, 7) is 0.424. The number of non-ortho nitro benzene ring substituents is 1. The number of fused-ring (bicyclic) bond motifs is 1. The molecule has 0 aliphatic heterocycles. The number of rotatable bonds is 7. The van der Waals surface area contributed by atoms with Crippen molar-refractivity contribution in [3.8, 4) is 0 Å². The number of nitro groups is 1. The molecule has 0 bridgehead atoms. The third-order valence-corrected chi connectivity index (χ3v) is 6.23. The molecule has 32 heavy (non-hydrogen) atoms. The summed E-state index contributed by atoms with van der Waals surface area (Å²) >= 11 is 1.24. The monoisotopic (exact) mass is 451 g/mol. The van der Waals surface area contributed by atoms with Crippen LogP contribution in [0, 0.1) is 10.1 Å². The molecule has 1 aliphatic carbocycles. The normalized spacial score (nSPS) is 12.8. The van der Waals surface area contributed by atoms with Crippen molar-refractivity contribution < 1.29 is 9.72 Å². The van der Waals surface area contributed by atoms with Gasteiger partial charge < -0.3 is 5.32 Å². The van der Waals surface area contributed by atoms with Gasteiger partial charge in [-0.2, -0.15) is 4.98 Å². The first-order valence-electron chi connectivity index (χ1n) is 10.2. The average Bonchev–Trinajstić information content (AvgIpc) is 2.81. The number of aromatic nitrogens is 3. The number of nitro benzene ring substituents is 1. The summed E-state index contributed by atoms with van der Waals surface area (Å²) in [5, 5.41) is 14.1. The van der Waals surface area contributed by atoms with Gasteiger partial charge in [0, 0.05) is 41.5 Å². The molecule has 1 aliphatic rings. The van der Waals surface area contributed by atoms with Crippen molar-refractivity contribution in [1.82, 2.24) is 14.5 Å². The van der Waals surface area contributed by atoms with E-state index in [0.29, 0.717) is 17.3 Å². The van der Waals surface area contributed by atoms with E-state index in [-0.39, 0.29) is 23.0 Å². The minimum absolute atomic E-state index is 0.0416. The van der Waals surface area contributed by atoms with Gasteiger partial charge in [0.1, 0.15) is 5.03 Å². The Kier molecular flexibility index (Phi) is 6.60. The molecule has 164 valence electrons. The molecule has 0 spiro atoms. The number of hydrogen-bond donors (Lipinski definition) is 1. The van der Waals surface area contributed by atoms with E-state index in [2.05, 4.69) is 15.3 Å². The molecule has 0 atom stereocenters. The van der Waals surface area contributed by atoms with Crippen LogP contribution in [0.3, 0.4) is 0 Å².